The number of anilines is 4. The van der Waals surface area contributed by atoms with Crippen molar-refractivity contribution in [1.29, 1.82) is 0 Å². The van der Waals surface area contributed by atoms with Crippen molar-refractivity contribution in [2.45, 2.75) is 37.8 Å². The highest BCUT2D eigenvalue weighted by atomic mass is 32.1. The average molecular weight is 577 g/mol. The summed E-state index contributed by atoms with van der Waals surface area (Å²) in [4.78, 5) is 30.6. The lowest BCUT2D eigenvalue weighted by Gasteiger charge is -2.42. The summed E-state index contributed by atoms with van der Waals surface area (Å²) in [6, 6.07) is 13.2. The van der Waals surface area contributed by atoms with Gasteiger partial charge in [-0.25, -0.2) is 9.97 Å². The van der Waals surface area contributed by atoms with Crippen LogP contribution in [0.15, 0.2) is 41.8 Å². The Hall–Kier alpha value is -3.25. The third kappa shape index (κ3) is 6.64. The van der Waals surface area contributed by atoms with E-state index >= 15 is 0 Å². The molecule has 0 atom stereocenters. The summed E-state index contributed by atoms with van der Waals surface area (Å²) < 4.78 is 5.53. The minimum absolute atomic E-state index is 0.126. The zero-order chi connectivity index (χ0) is 28.2. The van der Waals surface area contributed by atoms with Crippen molar-refractivity contribution >= 4 is 40.3 Å². The van der Waals surface area contributed by atoms with E-state index in [1.54, 1.807) is 11.3 Å². The zero-order valence-electron chi connectivity index (χ0n) is 23.7. The van der Waals surface area contributed by atoms with Crippen LogP contribution in [0.4, 0.5) is 23.0 Å². The van der Waals surface area contributed by atoms with Crippen LogP contribution < -0.4 is 21.3 Å². The number of hydrogen-bond donors (Lipinski definition) is 3. The second-order valence-corrected chi connectivity index (χ2v) is 12.2. The molecule has 5 heterocycles. The summed E-state index contributed by atoms with van der Waals surface area (Å²) in [5, 5.41) is 8.87. The Bertz CT molecular complexity index is 1300. The molecule has 4 N–H and O–H groups in total. The number of piperidine rings is 1. The summed E-state index contributed by atoms with van der Waals surface area (Å²) in [7, 11) is 2.21. The van der Waals surface area contributed by atoms with Crippen LogP contribution in [-0.4, -0.2) is 97.3 Å². The number of piperazine rings is 1. The van der Waals surface area contributed by atoms with Crippen LogP contribution in [0.3, 0.4) is 0 Å². The monoisotopic (exact) mass is 576 g/mol. The lowest BCUT2D eigenvalue weighted by molar-refractivity contribution is 0.0904. The van der Waals surface area contributed by atoms with E-state index in [9.17, 15) is 4.79 Å². The molecule has 3 fully saturated rings. The number of primary amides is 1. The van der Waals surface area contributed by atoms with E-state index in [1.807, 2.05) is 29.6 Å². The number of hydrogen-bond acceptors (Lipinski definition) is 10. The second-order valence-electron chi connectivity index (χ2n) is 11.2. The van der Waals surface area contributed by atoms with Crippen molar-refractivity contribution in [3.8, 4) is 10.6 Å². The smallest absolute Gasteiger partial charge is 0.271 e. The summed E-state index contributed by atoms with van der Waals surface area (Å²) in [6.07, 6.45) is 4.17. The number of amides is 1. The number of thiophene rings is 1. The fourth-order valence-corrected chi connectivity index (χ4v) is 6.70. The van der Waals surface area contributed by atoms with Gasteiger partial charge in [0, 0.05) is 75.9 Å². The summed E-state index contributed by atoms with van der Waals surface area (Å²) in [5.74, 6) is 0.384. The first kappa shape index (κ1) is 27.9. The molecule has 41 heavy (non-hydrogen) atoms. The fourth-order valence-electron chi connectivity index (χ4n) is 5.98. The zero-order valence-corrected chi connectivity index (χ0v) is 24.5. The van der Waals surface area contributed by atoms with E-state index in [-0.39, 0.29) is 11.7 Å². The van der Waals surface area contributed by atoms with Crippen molar-refractivity contribution in [1.82, 2.24) is 19.8 Å². The lowest BCUT2D eigenvalue weighted by Crippen LogP contribution is -2.52. The number of ether oxygens (including phenoxy) is 1. The predicted octanol–water partition coefficient (Wildman–Crippen LogP) is 3.85. The Kier molecular flexibility index (Phi) is 8.66. The first-order valence-corrected chi connectivity index (χ1v) is 15.6. The molecule has 11 heteroatoms. The number of nitrogens with zero attached hydrogens (tertiary/aromatic N) is 5. The Morgan fingerprint density at radius 1 is 0.951 bits per heavy atom. The van der Waals surface area contributed by atoms with Gasteiger partial charge in [0.05, 0.1) is 4.88 Å². The van der Waals surface area contributed by atoms with E-state index in [1.165, 1.54) is 44.7 Å². The predicted molar refractivity (Wildman–Crippen MR) is 165 cm³/mol. The van der Waals surface area contributed by atoms with Crippen LogP contribution in [-0.2, 0) is 4.74 Å². The highest BCUT2D eigenvalue weighted by Crippen LogP contribution is 2.33. The minimum Gasteiger partial charge on any atom is -0.381 e. The molecule has 1 amide bonds. The quantitative estimate of drug-likeness (QED) is 0.368. The summed E-state index contributed by atoms with van der Waals surface area (Å²) in [6.45, 7) is 8.24. The van der Waals surface area contributed by atoms with Crippen LogP contribution >= 0.6 is 11.3 Å². The van der Waals surface area contributed by atoms with Gasteiger partial charge in [0.25, 0.3) is 5.91 Å². The minimum atomic E-state index is -0.615. The van der Waals surface area contributed by atoms with Crippen LogP contribution in [0.1, 0.15) is 36.2 Å². The van der Waals surface area contributed by atoms with E-state index in [2.05, 4.69) is 44.5 Å². The van der Waals surface area contributed by atoms with Crippen LogP contribution in [0.5, 0.6) is 0 Å². The van der Waals surface area contributed by atoms with Gasteiger partial charge >= 0.3 is 0 Å². The number of carbonyl (C=O) groups excluding carboxylic acids is 1. The van der Waals surface area contributed by atoms with Gasteiger partial charge in [-0.1, -0.05) is 6.07 Å². The molecule has 0 spiro atoms. The SMILES string of the molecule is CN1CCN(C2CCN(c3ccc(Nc4nc(NC5CCOCC5)c(-c5cccs5)nc4C(N)=O)cc3)CC2)CC1. The average Bonchev–Trinajstić information content (AvgIpc) is 3.54. The molecule has 1 aromatic carbocycles. The van der Waals surface area contributed by atoms with Crippen LogP contribution in [0, 0.1) is 0 Å². The second kappa shape index (κ2) is 12.7. The van der Waals surface area contributed by atoms with Crippen LogP contribution in [0.2, 0.25) is 0 Å². The van der Waals surface area contributed by atoms with E-state index in [0.717, 1.165) is 36.5 Å². The molecule has 3 aromatic rings. The summed E-state index contributed by atoms with van der Waals surface area (Å²) in [5.41, 5.74) is 8.60. The molecule has 0 bridgehead atoms. The lowest BCUT2D eigenvalue weighted by atomic mass is 10.0. The maximum absolute atomic E-state index is 12.5. The van der Waals surface area contributed by atoms with Gasteiger partial charge in [-0.05, 0) is 68.4 Å². The molecule has 3 saturated heterocycles. The van der Waals surface area contributed by atoms with Crippen LogP contribution in [0.25, 0.3) is 10.6 Å². The Morgan fingerprint density at radius 3 is 2.34 bits per heavy atom. The Labute approximate surface area is 245 Å². The Balaban J connectivity index is 1.17. The van der Waals surface area contributed by atoms with Crippen molar-refractivity contribution in [2.24, 2.45) is 5.73 Å². The molecule has 0 unspecified atom stereocenters. The van der Waals surface area contributed by atoms with Crippen molar-refractivity contribution in [3.05, 3.63) is 47.5 Å². The van der Waals surface area contributed by atoms with Gasteiger partial charge in [-0.2, -0.15) is 0 Å². The highest BCUT2D eigenvalue weighted by Gasteiger charge is 2.27. The third-order valence-corrected chi connectivity index (χ3v) is 9.34. The standard InChI is InChI=1S/C30H40N8O2S/c1-36-14-16-38(17-15-36)24-8-12-37(13-9-24)23-6-4-21(5-7-23)32-30-27(28(31)39)34-26(25-3-2-20-41-25)29(35-30)33-22-10-18-40-19-11-22/h2-7,20,22,24H,8-19H2,1H3,(H2,31,39)(H2,32,33,35). The normalized spacial score (nSPS) is 19.8. The number of aromatic nitrogens is 2. The first-order chi connectivity index (χ1) is 20.0. The highest BCUT2D eigenvalue weighted by molar-refractivity contribution is 7.13. The largest absolute Gasteiger partial charge is 0.381 e. The molecule has 218 valence electrons. The maximum Gasteiger partial charge on any atom is 0.271 e. The topological polar surface area (TPSA) is 112 Å². The van der Waals surface area contributed by atoms with E-state index in [4.69, 9.17) is 20.4 Å². The van der Waals surface area contributed by atoms with Crippen molar-refractivity contribution < 1.29 is 9.53 Å². The van der Waals surface area contributed by atoms with Gasteiger partial charge in [-0.3, -0.25) is 9.69 Å². The van der Waals surface area contributed by atoms with Gasteiger partial charge in [0.15, 0.2) is 17.3 Å². The summed E-state index contributed by atoms with van der Waals surface area (Å²) >= 11 is 1.56. The molecule has 0 aliphatic carbocycles. The number of rotatable bonds is 8. The molecule has 0 radical (unpaired) electrons. The van der Waals surface area contributed by atoms with Gasteiger partial charge in [-0.15, -0.1) is 11.3 Å². The molecular formula is C30H40N8O2S. The molecule has 3 aliphatic rings. The van der Waals surface area contributed by atoms with Crippen molar-refractivity contribution in [3.63, 3.8) is 0 Å². The van der Waals surface area contributed by atoms with Gasteiger partial charge < -0.3 is 30.9 Å². The Morgan fingerprint density at radius 2 is 1.68 bits per heavy atom. The number of carbonyl (C=O) groups is 1. The van der Waals surface area contributed by atoms with Gasteiger partial charge in [0.2, 0.25) is 0 Å². The molecule has 10 nitrogen and oxygen atoms in total. The molecule has 2 aromatic heterocycles. The fraction of sp³-hybridized carbons (Fsp3) is 0.500. The molecular weight excluding hydrogens is 536 g/mol. The molecule has 0 saturated carbocycles. The number of likely N-dealkylation sites (N-methyl/N-ethyl adjacent to an activating group) is 1. The molecule has 6 rings (SSSR count). The maximum atomic E-state index is 12.5. The number of benzene rings is 1. The first-order valence-electron chi connectivity index (χ1n) is 14.7. The number of nitrogens with one attached hydrogen (secondary N) is 2. The van der Waals surface area contributed by atoms with E-state index < -0.39 is 5.91 Å². The van der Waals surface area contributed by atoms with E-state index in [0.29, 0.717) is 36.6 Å². The molecule has 3 aliphatic heterocycles. The van der Waals surface area contributed by atoms with Crippen molar-refractivity contribution in [2.75, 3.05) is 75.1 Å². The third-order valence-electron chi connectivity index (χ3n) is 8.46. The van der Waals surface area contributed by atoms with Gasteiger partial charge in [0.1, 0.15) is 5.69 Å². The number of nitrogens with two attached hydrogens (primary N) is 1.